The summed E-state index contributed by atoms with van der Waals surface area (Å²) in [6.07, 6.45) is 3.19. The molecule has 0 saturated carbocycles. The molecular weight excluding hydrogens is 222 g/mol. The SMILES string of the molecule is CCCCc1ccc(S(=O)(=O)CC#N)cc1. The second-order valence-corrected chi connectivity index (χ2v) is 5.65. The molecule has 0 aromatic heterocycles. The fourth-order valence-electron chi connectivity index (χ4n) is 1.41. The second-order valence-electron chi connectivity index (χ2n) is 3.66. The van der Waals surface area contributed by atoms with Crippen molar-refractivity contribution in [3.8, 4) is 6.07 Å². The van der Waals surface area contributed by atoms with Gasteiger partial charge in [-0.15, -0.1) is 0 Å². The van der Waals surface area contributed by atoms with Gasteiger partial charge in [-0.3, -0.25) is 0 Å². The zero-order valence-electron chi connectivity index (χ0n) is 9.31. The van der Waals surface area contributed by atoms with E-state index < -0.39 is 15.6 Å². The summed E-state index contributed by atoms with van der Waals surface area (Å²) in [6.45, 7) is 2.12. The van der Waals surface area contributed by atoms with Gasteiger partial charge in [-0.1, -0.05) is 25.5 Å². The third kappa shape index (κ3) is 3.35. The van der Waals surface area contributed by atoms with Gasteiger partial charge in [-0.05, 0) is 30.5 Å². The van der Waals surface area contributed by atoms with Crippen LogP contribution in [-0.2, 0) is 16.3 Å². The molecular formula is C12H15NO2S. The molecule has 0 aliphatic heterocycles. The number of rotatable bonds is 5. The molecule has 0 heterocycles. The number of hydrogen-bond donors (Lipinski definition) is 0. The van der Waals surface area contributed by atoms with E-state index in [-0.39, 0.29) is 4.90 Å². The molecule has 0 unspecified atom stereocenters. The van der Waals surface area contributed by atoms with Crippen LogP contribution in [0.3, 0.4) is 0 Å². The zero-order valence-corrected chi connectivity index (χ0v) is 10.1. The summed E-state index contributed by atoms with van der Waals surface area (Å²) >= 11 is 0. The minimum Gasteiger partial charge on any atom is -0.223 e. The molecule has 1 rings (SSSR count). The van der Waals surface area contributed by atoms with Crippen LogP contribution < -0.4 is 0 Å². The molecule has 0 bridgehead atoms. The highest BCUT2D eigenvalue weighted by Gasteiger charge is 2.12. The Morgan fingerprint density at radius 3 is 2.38 bits per heavy atom. The van der Waals surface area contributed by atoms with Crippen molar-refractivity contribution in [2.24, 2.45) is 0 Å². The smallest absolute Gasteiger partial charge is 0.191 e. The van der Waals surface area contributed by atoms with E-state index in [0.29, 0.717) is 0 Å². The molecule has 3 nitrogen and oxygen atoms in total. The lowest BCUT2D eigenvalue weighted by Gasteiger charge is -2.02. The van der Waals surface area contributed by atoms with Crippen LogP contribution >= 0.6 is 0 Å². The molecule has 0 amide bonds. The normalized spacial score (nSPS) is 11.0. The predicted molar refractivity (Wildman–Crippen MR) is 62.7 cm³/mol. The lowest BCUT2D eigenvalue weighted by Crippen LogP contribution is -2.04. The minimum absolute atomic E-state index is 0.231. The van der Waals surface area contributed by atoms with E-state index in [1.807, 2.05) is 12.1 Å². The Morgan fingerprint density at radius 1 is 1.25 bits per heavy atom. The first-order valence-electron chi connectivity index (χ1n) is 5.29. The van der Waals surface area contributed by atoms with Crippen molar-refractivity contribution in [1.82, 2.24) is 0 Å². The van der Waals surface area contributed by atoms with E-state index in [9.17, 15) is 8.42 Å². The lowest BCUT2D eigenvalue weighted by molar-refractivity contribution is 0.599. The second kappa shape index (κ2) is 5.66. The van der Waals surface area contributed by atoms with Crippen molar-refractivity contribution >= 4 is 9.84 Å². The van der Waals surface area contributed by atoms with Crippen LogP contribution in [0.1, 0.15) is 25.3 Å². The molecule has 1 aromatic rings. The van der Waals surface area contributed by atoms with Crippen molar-refractivity contribution in [3.05, 3.63) is 29.8 Å². The van der Waals surface area contributed by atoms with Crippen LogP contribution in [-0.4, -0.2) is 14.2 Å². The van der Waals surface area contributed by atoms with Crippen LogP contribution in [0.5, 0.6) is 0 Å². The quantitative estimate of drug-likeness (QED) is 0.789. The van der Waals surface area contributed by atoms with Crippen LogP contribution in [0.25, 0.3) is 0 Å². The predicted octanol–water partition coefficient (Wildman–Crippen LogP) is 2.33. The first-order chi connectivity index (χ1) is 7.60. The molecule has 0 fully saturated rings. The zero-order chi connectivity index (χ0) is 12.0. The number of sulfone groups is 1. The summed E-state index contributed by atoms with van der Waals surface area (Å²) in [5.41, 5.74) is 1.14. The largest absolute Gasteiger partial charge is 0.223 e. The minimum atomic E-state index is -3.41. The highest BCUT2D eigenvalue weighted by atomic mass is 32.2. The van der Waals surface area contributed by atoms with Gasteiger partial charge in [0, 0.05) is 0 Å². The topological polar surface area (TPSA) is 57.9 Å². The summed E-state index contributed by atoms with van der Waals surface area (Å²) in [7, 11) is -3.41. The van der Waals surface area contributed by atoms with E-state index >= 15 is 0 Å². The molecule has 1 aromatic carbocycles. The van der Waals surface area contributed by atoms with Crippen molar-refractivity contribution in [1.29, 1.82) is 5.26 Å². The maximum Gasteiger partial charge on any atom is 0.191 e. The van der Waals surface area contributed by atoms with Gasteiger partial charge in [0.2, 0.25) is 0 Å². The van der Waals surface area contributed by atoms with E-state index in [1.165, 1.54) is 0 Å². The van der Waals surface area contributed by atoms with Gasteiger partial charge in [-0.25, -0.2) is 8.42 Å². The molecule has 0 N–H and O–H groups in total. The number of aryl methyl sites for hydroxylation is 1. The Hall–Kier alpha value is -1.34. The molecule has 86 valence electrons. The molecule has 0 radical (unpaired) electrons. The molecule has 4 heteroatoms. The third-order valence-electron chi connectivity index (χ3n) is 2.36. The maximum absolute atomic E-state index is 11.5. The van der Waals surface area contributed by atoms with Crippen molar-refractivity contribution in [2.45, 2.75) is 31.1 Å². The van der Waals surface area contributed by atoms with E-state index in [0.717, 1.165) is 24.8 Å². The summed E-state index contributed by atoms with van der Waals surface area (Å²) in [5, 5.41) is 8.40. The first kappa shape index (κ1) is 12.7. The Morgan fingerprint density at radius 2 is 1.88 bits per heavy atom. The van der Waals surface area contributed by atoms with Gasteiger partial charge in [0.05, 0.1) is 11.0 Å². The number of nitriles is 1. The molecule has 16 heavy (non-hydrogen) atoms. The van der Waals surface area contributed by atoms with E-state index in [2.05, 4.69) is 6.92 Å². The molecule has 0 aliphatic rings. The number of nitrogens with zero attached hydrogens (tertiary/aromatic N) is 1. The van der Waals surface area contributed by atoms with Crippen LogP contribution in [0.15, 0.2) is 29.2 Å². The molecule has 0 atom stereocenters. The van der Waals surface area contributed by atoms with Gasteiger partial charge in [0.25, 0.3) is 0 Å². The van der Waals surface area contributed by atoms with Gasteiger partial charge >= 0.3 is 0 Å². The summed E-state index contributed by atoms with van der Waals surface area (Å²) < 4.78 is 23.1. The Balaban J connectivity index is 2.83. The van der Waals surface area contributed by atoms with Crippen LogP contribution in [0, 0.1) is 11.3 Å². The highest BCUT2D eigenvalue weighted by Crippen LogP contribution is 2.13. The Bertz CT molecular complexity index is 469. The molecule has 0 saturated heterocycles. The first-order valence-corrected chi connectivity index (χ1v) is 6.94. The fourth-order valence-corrected chi connectivity index (χ4v) is 2.30. The van der Waals surface area contributed by atoms with Gasteiger partial charge in [-0.2, -0.15) is 5.26 Å². The number of hydrogen-bond acceptors (Lipinski definition) is 3. The van der Waals surface area contributed by atoms with E-state index in [4.69, 9.17) is 5.26 Å². The molecule has 0 spiro atoms. The summed E-state index contributed by atoms with van der Waals surface area (Å²) in [5.74, 6) is -0.457. The van der Waals surface area contributed by atoms with Crippen molar-refractivity contribution < 1.29 is 8.42 Å². The van der Waals surface area contributed by atoms with Crippen LogP contribution in [0.4, 0.5) is 0 Å². The standard InChI is InChI=1S/C12H15NO2S/c1-2-3-4-11-5-7-12(8-6-11)16(14,15)10-9-13/h5-8H,2-4,10H2,1H3. The van der Waals surface area contributed by atoms with E-state index in [1.54, 1.807) is 18.2 Å². The van der Waals surface area contributed by atoms with Crippen LogP contribution in [0.2, 0.25) is 0 Å². The monoisotopic (exact) mass is 237 g/mol. The van der Waals surface area contributed by atoms with Gasteiger partial charge in [0.1, 0.15) is 5.75 Å². The lowest BCUT2D eigenvalue weighted by atomic mass is 10.1. The third-order valence-corrected chi connectivity index (χ3v) is 3.86. The van der Waals surface area contributed by atoms with Gasteiger partial charge in [0.15, 0.2) is 9.84 Å². The summed E-state index contributed by atoms with van der Waals surface area (Å²) in [6, 6.07) is 8.47. The Kier molecular flexibility index (Phi) is 4.51. The van der Waals surface area contributed by atoms with Gasteiger partial charge < -0.3 is 0 Å². The van der Waals surface area contributed by atoms with Crippen molar-refractivity contribution in [2.75, 3.05) is 5.75 Å². The fraction of sp³-hybridized carbons (Fsp3) is 0.417. The average Bonchev–Trinajstić information content (AvgIpc) is 2.27. The Labute approximate surface area is 96.6 Å². The van der Waals surface area contributed by atoms with Crippen molar-refractivity contribution in [3.63, 3.8) is 0 Å². The summed E-state index contributed by atoms with van der Waals surface area (Å²) in [4.78, 5) is 0.231. The average molecular weight is 237 g/mol. The number of benzene rings is 1. The number of unbranched alkanes of at least 4 members (excludes halogenated alkanes) is 1. The molecule has 0 aliphatic carbocycles. The maximum atomic E-state index is 11.5. The highest BCUT2D eigenvalue weighted by molar-refractivity contribution is 7.91.